The van der Waals surface area contributed by atoms with E-state index < -0.39 is 6.09 Å². The molecule has 2 aromatic rings. The molecule has 1 N–H and O–H groups in total. The summed E-state index contributed by atoms with van der Waals surface area (Å²) >= 11 is 5.97. The fourth-order valence-electron chi connectivity index (χ4n) is 3.28. The number of carboxylic acid groups (broad SMARTS) is 1. The highest BCUT2D eigenvalue weighted by molar-refractivity contribution is 6.30. The lowest BCUT2D eigenvalue weighted by Gasteiger charge is -2.28. The molecule has 0 aromatic heterocycles. The Morgan fingerprint density at radius 1 is 1.25 bits per heavy atom. The maximum atomic E-state index is 11.9. The van der Waals surface area contributed by atoms with Crippen LogP contribution in [0.1, 0.15) is 12.8 Å². The van der Waals surface area contributed by atoms with Crippen LogP contribution in [0.3, 0.4) is 0 Å². The van der Waals surface area contributed by atoms with Crippen molar-refractivity contribution in [3.05, 3.63) is 53.6 Å². The SMILES string of the molecule is CN1CCCC1CN(C(=O)O)c1ccccc1-c1ccc(Cl)cc1. The van der Waals surface area contributed by atoms with Gasteiger partial charge in [0.15, 0.2) is 0 Å². The molecule has 1 fully saturated rings. The quantitative estimate of drug-likeness (QED) is 0.882. The summed E-state index contributed by atoms with van der Waals surface area (Å²) in [5.41, 5.74) is 2.57. The minimum Gasteiger partial charge on any atom is -0.465 e. The minimum absolute atomic E-state index is 0.263. The number of likely N-dealkylation sites (N-methyl/N-ethyl adjacent to an activating group) is 1. The Balaban J connectivity index is 1.96. The van der Waals surface area contributed by atoms with Crippen molar-refractivity contribution in [2.45, 2.75) is 18.9 Å². The Labute approximate surface area is 147 Å². The van der Waals surface area contributed by atoms with Crippen molar-refractivity contribution in [1.82, 2.24) is 4.90 Å². The van der Waals surface area contributed by atoms with E-state index in [9.17, 15) is 9.90 Å². The number of rotatable bonds is 4. The van der Waals surface area contributed by atoms with Crippen molar-refractivity contribution in [2.24, 2.45) is 0 Å². The van der Waals surface area contributed by atoms with Crippen LogP contribution in [0.2, 0.25) is 5.02 Å². The van der Waals surface area contributed by atoms with Crippen LogP contribution in [0, 0.1) is 0 Å². The van der Waals surface area contributed by atoms with Gasteiger partial charge in [-0.25, -0.2) is 4.79 Å². The van der Waals surface area contributed by atoms with Crippen LogP contribution in [-0.4, -0.2) is 42.3 Å². The zero-order chi connectivity index (χ0) is 17.1. The van der Waals surface area contributed by atoms with Gasteiger partial charge < -0.3 is 10.0 Å². The average Bonchev–Trinajstić information content (AvgIpc) is 2.98. The number of hydrogen-bond acceptors (Lipinski definition) is 2. The molecular weight excluding hydrogens is 324 g/mol. The number of benzene rings is 2. The third-order valence-corrected chi connectivity index (χ3v) is 4.90. The number of nitrogens with zero attached hydrogens (tertiary/aromatic N) is 2. The van der Waals surface area contributed by atoms with Crippen molar-refractivity contribution >= 4 is 23.4 Å². The smallest absolute Gasteiger partial charge is 0.411 e. The molecule has 2 aromatic carbocycles. The summed E-state index contributed by atoms with van der Waals surface area (Å²) in [5, 5.41) is 10.4. The van der Waals surface area contributed by atoms with Gasteiger partial charge in [-0.15, -0.1) is 0 Å². The Morgan fingerprint density at radius 3 is 2.58 bits per heavy atom. The molecule has 1 unspecified atom stereocenters. The van der Waals surface area contributed by atoms with Crippen LogP contribution in [0.5, 0.6) is 0 Å². The van der Waals surface area contributed by atoms with E-state index in [4.69, 9.17) is 11.6 Å². The average molecular weight is 345 g/mol. The van der Waals surface area contributed by atoms with Crippen LogP contribution in [-0.2, 0) is 0 Å². The van der Waals surface area contributed by atoms with Gasteiger partial charge in [-0.2, -0.15) is 0 Å². The first kappa shape index (κ1) is 16.8. The van der Waals surface area contributed by atoms with Gasteiger partial charge in [0.2, 0.25) is 0 Å². The van der Waals surface area contributed by atoms with E-state index in [2.05, 4.69) is 11.9 Å². The van der Waals surface area contributed by atoms with Gasteiger partial charge in [-0.3, -0.25) is 4.90 Å². The molecule has 0 radical (unpaired) electrons. The van der Waals surface area contributed by atoms with Crippen LogP contribution >= 0.6 is 11.6 Å². The predicted octanol–water partition coefficient (Wildman–Crippen LogP) is 4.59. The Hall–Kier alpha value is -2.04. The highest BCUT2D eigenvalue weighted by Gasteiger charge is 2.27. The van der Waals surface area contributed by atoms with Crippen LogP contribution in [0.25, 0.3) is 11.1 Å². The number of para-hydroxylation sites is 1. The molecule has 1 saturated heterocycles. The molecule has 1 aliphatic heterocycles. The third-order valence-electron chi connectivity index (χ3n) is 4.65. The molecular formula is C19H21ClN2O2. The number of anilines is 1. The molecule has 1 heterocycles. The maximum Gasteiger partial charge on any atom is 0.411 e. The number of hydrogen-bond donors (Lipinski definition) is 1. The van der Waals surface area contributed by atoms with Crippen molar-refractivity contribution in [2.75, 3.05) is 25.0 Å². The summed E-state index contributed by atoms with van der Waals surface area (Å²) in [4.78, 5) is 15.6. The van der Waals surface area contributed by atoms with Gasteiger partial charge in [-0.1, -0.05) is 41.9 Å². The summed E-state index contributed by atoms with van der Waals surface area (Å²) in [6.45, 7) is 1.51. The lowest BCUT2D eigenvalue weighted by Crippen LogP contribution is -2.41. The number of likely N-dealkylation sites (tertiary alicyclic amines) is 1. The van der Waals surface area contributed by atoms with Crippen LogP contribution < -0.4 is 4.90 Å². The molecule has 1 aliphatic rings. The summed E-state index contributed by atoms with van der Waals surface area (Å²) in [7, 11) is 2.06. The summed E-state index contributed by atoms with van der Waals surface area (Å²) in [5.74, 6) is 0. The van der Waals surface area contributed by atoms with E-state index in [1.165, 1.54) is 4.90 Å². The lowest BCUT2D eigenvalue weighted by molar-refractivity contribution is 0.198. The first-order valence-corrected chi connectivity index (χ1v) is 8.49. The van der Waals surface area contributed by atoms with Gasteiger partial charge in [0.05, 0.1) is 5.69 Å². The van der Waals surface area contributed by atoms with Crippen molar-refractivity contribution in [3.63, 3.8) is 0 Å². The molecule has 0 bridgehead atoms. The van der Waals surface area contributed by atoms with Gasteiger partial charge >= 0.3 is 6.09 Å². The standard InChI is InChI=1S/C19H21ClN2O2/c1-21-12-4-5-16(21)13-22(19(23)24)18-7-3-2-6-17(18)14-8-10-15(20)11-9-14/h2-3,6-11,16H,4-5,12-13H2,1H3,(H,23,24). The van der Waals surface area contributed by atoms with Crippen molar-refractivity contribution in [1.29, 1.82) is 0 Å². The van der Waals surface area contributed by atoms with E-state index in [1.54, 1.807) is 0 Å². The Morgan fingerprint density at radius 2 is 1.96 bits per heavy atom. The molecule has 1 amide bonds. The lowest BCUT2D eigenvalue weighted by atomic mass is 10.0. The normalized spacial score (nSPS) is 17.8. The van der Waals surface area contributed by atoms with Crippen LogP contribution in [0.4, 0.5) is 10.5 Å². The topological polar surface area (TPSA) is 43.8 Å². The van der Waals surface area contributed by atoms with Crippen LogP contribution in [0.15, 0.2) is 48.5 Å². The van der Waals surface area contributed by atoms with E-state index in [1.807, 2.05) is 48.5 Å². The summed E-state index contributed by atoms with van der Waals surface area (Å²) in [6, 6.07) is 15.4. The molecule has 3 rings (SSSR count). The van der Waals surface area contributed by atoms with Gasteiger partial charge in [0.25, 0.3) is 0 Å². The molecule has 1 atom stereocenters. The van der Waals surface area contributed by atoms with E-state index >= 15 is 0 Å². The highest BCUT2D eigenvalue weighted by Crippen LogP contribution is 2.32. The monoisotopic (exact) mass is 344 g/mol. The first-order valence-electron chi connectivity index (χ1n) is 8.12. The van der Waals surface area contributed by atoms with E-state index in [-0.39, 0.29) is 6.04 Å². The van der Waals surface area contributed by atoms with Gasteiger partial charge in [0, 0.05) is 23.2 Å². The molecule has 0 spiro atoms. The van der Waals surface area contributed by atoms with Crippen molar-refractivity contribution in [3.8, 4) is 11.1 Å². The van der Waals surface area contributed by atoms with E-state index in [0.29, 0.717) is 17.3 Å². The summed E-state index contributed by atoms with van der Waals surface area (Å²) in [6.07, 6.45) is 1.23. The Bertz CT molecular complexity index is 718. The molecule has 126 valence electrons. The highest BCUT2D eigenvalue weighted by atomic mass is 35.5. The largest absolute Gasteiger partial charge is 0.465 e. The fraction of sp³-hybridized carbons (Fsp3) is 0.316. The van der Waals surface area contributed by atoms with Crippen molar-refractivity contribution < 1.29 is 9.90 Å². The summed E-state index contributed by atoms with van der Waals surface area (Å²) < 4.78 is 0. The zero-order valence-corrected chi connectivity index (χ0v) is 14.4. The molecule has 0 aliphatic carbocycles. The second kappa shape index (κ2) is 7.24. The number of halogens is 1. The van der Waals surface area contributed by atoms with E-state index in [0.717, 1.165) is 30.5 Å². The first-order chi connectivity index (χ1) is 11.6. The minimum atomic E-state index is -0.920. The maximum absolute atomic E-state index is 11.9. The zero-order valence-electron chi connectivity index (χ0n) is 13.7. The molecule has 24 heavy (non-hydrogen) atoms. The van der Waals surface area contributed by atoms with Gasteiger partial charge in [0.1, 0.15) is 0 Å². The fourth-order valence-corrected chi connectivity index (χ4v) is 3.41. The molecule has 4 nitrogen and oxygen atoms in total. The van der Waals surface area contributed by atoms with Gasteiger partial charge in [-0.05, 0) is 50.2 Å². The second-order valence-corrected chi connectivity index (χ2v) is 6.63. The predicted molar refractivity (Wildman–Crippen MR) is 97.9 cm³/mol. The number of carbonyl (C=O) groups is 1. The Kier molecular flexibility index (Phi) is 5.07. The second-order valence-electron chi connectivity index (χ2n) is 6.19. The third kappa shape index (κ3) is 3.55. The number of amides is 1. The molecule has 5 heteroatoms. The molecule has 0 saturated carbocycles.